The summed E-state index contributed by atoms with van der Waals surface area (Å²) in [6.07, 6.45) is 0.873. The van der Waals surface area contributed by atoms with E-state index in [0.717, 1.165) is 17.5 Å². The van der Waals surface area contributed by atoms with Gasteiger partial charge in [-0.3, -0.25) is 4.72 Å². The molecule has 0 aliphatic carbocycles. The van der Waals surface area contributed by atoms with Crippen molar-refractivity contribution < 1.29 is 8.42 Å². The van der Waals surface area contributed by atoms with Gasteiger partial charge in [-0.25, -0.2) is 8.42 Å². The zero-order chi connectivity index (χ0) is 14.8. The van der Waals surface area contributed by atoms with Crippen LogP contribution >= 0.6 is 11.6 Å². The number of hydrogen-bond donors (Lipinski definition) is 1. The Hall–Kier alpha value is -1.52. The molecule has 2 aromatic carbocycles. The lowest BCUT2D eigenvalue weighted by Crippen LogP contribution is -2.13. The van der Waals surface area contributed by atoms with Gasteiger partial charge < -0.3 is 0 Å². The van der Waals surface area contributed by atoms with E-state index in [1.54, 1.807) is 24.3 Å². The molecule has 0 saturated heterocycles. The number of anilines is 1. The normalized spacial score (nSPS) is 11.3. The number of rotatable bonds is 4. The molecule has 2 rings (SSSR count). The highest BCUT2D eigenvalue weighted by Gasteiger charge is 2.15. The van der Waals surface area contributed by atoms with E-state index in [1.807, 2.05) is 32.0 Å². The highest BCUT2D eigenvalue weighted by Crippen LogP contribution is 2.25. The van der Waals surface area contributed by atoms with E-state index in [9.17, 15) is 8.42 Å². The Balaban J connectivity index is 2.30. The summed E-state index contributed by atoms with van der Waals surface area (Å²) in [5.74, 6) is 0. The topological polar surface area (TPSA) is 46.2 Å². The molecule has 2 aromatic rings. The van der Waals surface area contributed by atoms with Crippen molar-refractivity contribution in [3.05, 3.63) is 58.6 Å². The standard InChI is InChI=1S/C15H16ClNO2S/c1-3-12-5-7-13(8-6-12)20(18,19)17-15-9-4-11(2)10-14(15)16/h4-10,17H,3H2,1-2H3. The number of aryl methyl sites for hydroxylation is 2. The van der Waals surface area contributed by atoms with Gasteiger partial charge in [0.25, 0.3) is 10.0 Å². The molecule has 3 nitrogen and oxygen atoms in total. The number of benzene rings is 2. The van der Waals surface area contributed by atoms with E-state index in [0.29, 0.717) is 10.7 Å². The smallest absolute Gasteiger partial charge is 0.261 e. The van der Waals surface area contributed by atoms with Crippen LogP contribution in [0.2, 0.25) is 5.02 Å². The fraction of sp³-hybridized carbons (Fsp3) is 0.200. The molecule has 0 saturated carbocycles. The van der Waals surface area contributed by atoms with Gasteiger partial charge in [-0.1, -0.05) is 36.7 Å². The van der Waals surface area contributed by atoms with Crippen LogP contribution in [0.15, 0.2) is 47.4 Å². The predicted molar refractivity (Wildman–Crippen MR) is 82.8 cm³/mol. The molecule has 0 bridgehead atoms. The zero-order valence-electron chi connectivity index (χ0n) is 11.4. The Morgan fingerprint density at radius 3 is 2.30 bits per heavy atom. The van der Waals surface area contributed by atoms with Crippen LogP contribution < -0.4 is 4.72 Å². The van der Waals surface area contributed by atoms with Gasteiger partial charge in [0, 0.05) is 0 Å². The van der Waals surface area contributed by atoms with Gasteiger partial charge >= 0.3 is 0 Å². The predicted octanol–water partition coefficient (Wildman–Crippen LogP) is 4.01. The monoisotopic (exact) mass is 309 g/mol. The second-order valence-electron chi connectivity index (χ2n) is 4.59. The van der Waals surface area contributed by atoms with Crippen molar-refractivity contribution in [1.82, 2.24) is 0 Å². The van der Waals surface area contributed by atoms with Crippen LogP contribution in [-0.2, 0) is 16.4 Å². The van der Waals surface area contributed by atoms with Crippen molar-refractivity contribution in [2.24, 2.45) is 0 Å². The molecule has 0 aliphatic rings. The molecular weight excluding hydrogens is 294 g/mol. The van der Waals surface area contributed by atoms with Crippen LogP contribution in [0.1, 0.15) is 18.1 Å². The number of sulfonamides is 1. The summed E-state index contributed by atoms with van der Waals surface area (Å²) in [5, 5.41) is 0.388. The van der Waals surface area contributed by atoms with Gasteiger partial charge in [0.1, 0.15) is 0 Å². The third-order valence-corrected chi connectivity index (χ3v) is 4.70. The number of hydrogen-bond acceptors (Lipinski definition) is 2. The minimum absolute atomic E-state index is 0.228. The molecule has 0 spiro atoms. The Morgan fingerprint density at radius 1 is 1.10 bits per heavy atom. The summed E-state index contributed by atoms with van der Waals surface area (Å²) in [5.41, 5.74) is 2.46. The molecule has 0 radical (unpaired) electrons. The van der Waals surface area contributed by atoms with E-state index >= 15 is 0 Å². The molecule has 0 amide bonds. The Bertz CT molecular complexity index is 709. The van der Waals surface area contributed by atoms with Crippen LogP contribution in [0.5, 0.6) is 0 Å². The molecule has 106 valence electrons. The summed E-state index contributed by atoms with van der Waals surface area (Å²) in [7, 11) is -3.61. The molecule has 1 N–H and O–H groups in total. The minimum Gasteiger partial charge on any atom is -0.278 e. The quantitative estimate of drug-likeness (QED) is 0.927. The molecule has 5 heteroatoms. The first-order chi connectivity index (χ1) is 9.42. The maximum absolute atomic E-state index is 12.3. The van der Waals surface area contributed by atoms with E-state index in [2.05, 4.69) is 4.72 Å². The van der Waals surface area contributed by atoms with Crippen molar-refractivity contribution in [3.63, 3.8) is 0 Å². The lowest BCUT2D eigenvalue weighted by Gasteiger charge is -2.10. The van der Waals surface area contributed by atoms with Gasteiger partial charge in [-0.15, -0.1) is 0 Å². The Labute approximate surface area is 124 Å². The highest BCUT2D eigenvalue weighted by atomic mass is 35.5. The van der Waals surface area contributed by atoms with Crippen LogP contribution in [0.4, 0.5) is 5.69 Å². The second-order valence-corrected chi connectivity index (χ2v) is 6.68. The van der Waals surface area contributed by atoms with Crippen LogP contribution in [0.3, 0.4) is 0 Å². The first-order valence-electron chi connectivity index (χ1n) is 6.30. The summed E-state index contributed by atoms with van der Waals surface area (Å²) in [4.78, 5) is 0.228. The number of nitrogens with one attached hydrogen (secondary N) is 1. The average Bonchev–Trinajstić information content (AvgIpc) is 2.42. The van der Waals surface area contributed by atoms with Crippen molar-refractivity contribution in [3.8, 4) is 0 Å². The van der Waals surface area contributed by atoms with Crippen molar-refractivity contribution in [1.29, 1.82) is 0 Å². The van der Waals surface area contributed by atoms with Gasteiger partial charge in [-0.05, 0) is 48.7 Å². The fourth-order valence-corrected chi connectivity index (χ4v) is 3.23. The minimum atomic E-state index is -3.61. The van der Waals surface area contributed by atoms with Crippen molar-refractivity contribution >= 4 is 27.3 Å². The van der Waals surface area contributed by atoms with Gasteiger partial charge in [0.2, 0.25) is 0 Å². The molecule has 0 fully saturated rings. The summed E-state index contributed by atoms with van der Waals surface area (Å²) >= 11 is 6.04. The Morgan fingerprint density at radius 2 is 1.75 bits per heavy atom. The Kier molecular flexibility index (Phi) is 4.35. The first kappa shape index (κ1) is 14.9. The SMILES string of the molecule is CCc1ccc(S(=O)(=O)Nc2ccc(C)cc2Cl)cc1. The third kappa shape index (κ3) is 3.32. The van der Waals surface area contributed by atoms with Crippen LogP contribution in [0, 0.1) is 6.92 Å². The third-order valence-electron chi connectivity index (χ3n) is 3.01. The lowest BCUT2D eigenvalue weighted by atomic mass is 10.2. The summed E-state index contributed by atoms with van der Waals surface area (Å²) in [6.45, 7) is 3.92. The average molecular weight is 310 g/mol. The van der Waals surface area contributed by atoms with Crippen molar-refractivity contribution in [2.45, 2.75) is 25.2 Å². The molecule has 20 heavy (non-hydrogen) atoms. The maximum Gasteiger partial charge on any atom is 0.261 e. The molecule has 0 unspecified atom stereocenters. The van der Waals surface area contributed by atoms with Gasteiger partial charge in [0.05, 0.1) is 15.6 Å². The van der Waals surface area contributed by atoms with Gasteiger partial charge in [-0.2, -0.15) is 0 Å². The fourth-order valence-electron chi connectivity index (χ4n) is 1.81. The van der Waals surface area contributed by atoms with E-state index in [1.165, 1.54) is 0 Å². The summed E-state index contributed by atoms with van der Waals surface area (Å²) < 4.78 is 27.0. The van der Waals surface area contributed by atoms with E-state index in [-0.39, 0.29) is 4.90 Å². The second kappa shape index (κ2) is 5.85. The highest BCUT2D eigenvalue weighted by molar-refractivity contribution is 7.92. The summed E-state index contributed by atoms with van der Waals surface area (Å²) in [6, 6.07) is 12.0. The zero-order valence-corrected chi connectivity index (χ0v) is 12.9. The van der Waals surface area contributed by atoms with E-state index < -0.39 is 10.0 Å². The van der Waals surface area contributed by atoms with Gasteiger partial charge in [0.15, 0.2) is 0 Å². The lowest BCUT2D eigenvalue weighted by molar-refractivity contribution is 0.601. The van der Waals surface area contributed by atoms with Crippen LogP contribution in [-0.4, -0.2) is 8.42 Å². The molecule has 0 atom stereocenters. The van der Waals surface area contributed by atoms with Crippen molar-refractivity contribution in [2.75, 3.05) is 4.72 Å². The molecule has 0 aliphatic heterocycles. The first-order valence-corrected chi connectivity index (χ1v) is 8.16. The van der Waals surface area contributed by atoms with E-state index in [4.69, 9.17) is 11.6 Å². The number of halogens is 1. The molecule has 0 aromatic heterocycles. The molecule has 0 heterocycles. The largest absolute Gasteiger partial charge is 0.278 e. The molecular formula is C15H16ClNO2S. The maximum atomic E-state index is 12.3. The van der Waals surface area contributed by atoms with Crippen LogP contribution in [0.25, 0.3) is 0 Å².